The topological polar surface area (TPSA) is 72.3 Å². The van der Waals surface area contributed by atoms with E-state index < -0.39 is 0 Å². The summed E-state index contributed by atoms with van der Waals surface area (Å²) in [6.45, 7) is 0.449. The second-order valence-corrected chi connectivity index (χ2v) is 9.22. The van der Waals surface area contributed by atoms with Crippen molar-refractivity contribution in [2.75, 3.05) is 11.9 Å². The van der Waals surface area contributed by atoms with E-state index in [2.05, 4.69) is 52.7 Å². The number of anilines is 1. The summed E-state index contributed by atoms with van der Waals surface area (Å²) in [4.78, 5) is 19.1. The molecule has 0 saturated carbocycles. The molecule has 33 heavy (non-hydrogen) atoms. The first kappa shape index (κ1) is 20.2. The highest BCUT2D eigenvalue weighted by atomic mass is 16.5. The van der Waals surface area contributed by atoms with Crippen molar-refractivity contribution in [3.63, 3.8) is 0 Å². The van der Waals surface area contributed by atoms with E-state index in [9.17, 15) is 4.79 Å². The number of nitrogens with one attached hydrogen (secondary N) is 1. The molecule has 0 spiro atoms. The molecule has 2 atom stereocenters. The maximum Gasteiger partial charge on any atom is 0.267 e. The van der Waals surface area contributed by atoms with E-state index in [0.29, 0.717) is 24.6 Å². The van der Waals surface area contributed by atoms with Gasteiger partial charge in [0.15, 0.2) is 0 Å². The van der Waals surface area contributed by atoms with Crippen molar-refractivity contribution in [1.29, 1.82) is 0 Å². The van der Waals surface area contributed by atoms with Crippen molar-refractivity contribution < 1.29 is 4.74 Å². The fraction of sp³-hybridized carbons (Fsp3) is 0.346. The van der Waals surface area contributed by atoms with Crippen LogP contribution in [0.3, 0.4) is 0 Å². The Bertz CT molecular complexity index is 1330. The van der Waals surface area contributed by atoms with Gasteiger partial charge in [-0.15, -0.1) is 0 Å². The summed E-state index contributed by atoms with van der Waals surface area (Å²) in [6.07, 6.45) is 8.73. The van der Waals surface area contributed by atoms with Crippen LogP contribution in [-0.4, -0.2) is 33.9 Å². The molecule has 0 amide bonds. The van der Waals surface area contributed by atoms with Gasteiger partial charge in [0.1, 0.15) is 12.4 Å². The Morgan fingerprint density at radius 2 is 1.94 bits per heavy atom. The first-order valence-corrected chi connectivity index (χ1v) is 11.5. The second kappa shape index (κ2) is 7.85. The maximum atomic E-state index is 12.0. The van der Waals surface area contributed by atoms with Gasteiger partial charge in [0, 0.05) is 55.5 Å². The zero-order chi connectivity index (χ0) is 22.5. The first-order valence-electron chi connectivity index (χ1n) is 11.5. The minimum absolute atomic E-state index is 0.125. The molecule has 2 aromatic heterocycles. The largest absolute Gasteiger partial charge is 0.472 e. The van der Waals surface area contributed by atoms with Crippen LogP contribution in [0.4, 0.5) is 5.82 Å². The van der Waals surface area contributed by atoms with Crippen LogP contribution in [0.25, 0.3) is 22.3 Å². The van der Waals surface area contributed by atoms with Crippen molar-refractivity contribution >= 4 is 5.82 Å². The first-order chi connectivity index (χ1) is 16.0. The van der Waals surface area contributed by atoms with Crippen LogP contribution in [-0.2, 0) is 13.7 Å². The molecular formula is C26H27N5O2. The maximum absolute atomic E-state index is 12.0. The number of nitrogens with zero attached hydrogens (tertiary/aromatic N) is 4. The third kappa shape index (κ3) is 3.62. The average molecular weight is 442 g/mol. The quantitative estimate of drug-likeness (QED) is 0.669. The highest BCUT2D eigenvalue weighted by Gasteiger charge is 2.28. The minimum Gasteiger partial charge on any atom is -0.472 e. The van der Waals surface area contributed by atoms with E-state index in [0.717, 1.165) is 46.5 Å². The van der Waals surface area contributed by atoms with Gasteiger partial charge in [-0.3, -0.25) is 4.79 Å². The number of aryl methyl sites for hydroxylation is 1. The summed E-state index contributed by atoms with van der Waals surface area (Å²) < 4.78 is 7.41. The van der Waals surface area contributed by atoms with E-state index >= 15 is 0 Å². The van der Waals surface area contributed by atoms with Gasteiger partial charge in [0.25, 0.3) is 5.56 Å². The molecular weight excluding hydrogens is 414 g/mol. The lowest BCUT2D eigenvalue weighted by Crippen LogP contribution is -2.29. The number of rotatable bonds is 3. The summed E-state index contributed by atoms with van der Waals surface area (Å²) >= 11 is 0. The SMILES string of the molecule is CN(C1=CC[C@H]2CC[C@@H](C1)N2)c1ccc2c(n1)OCc1cc(-c3cnn(C)c(=O)c3)ccc1-2. The van der Waals surface area contributed by atoms with Gasteiger partial charge in [0.2, 0.25) is 5.88 Å². The molecule has 1 aromatic carbocycles. The van der Waals surface area contributed by atoms with Crippen molar-refractivity contribution in [2.24, 2.45) is 7.05 Å². The van der Waals surface area contributed by atoms with E-state index in [-0.39, 0.29) is 5.56 Å². The van der Waals surface area contributed by atoms with Crippen LogP contribution < -0.4 is 20.5 Å². The van der Waals surface area contributed by atoms with Crippen molar-refractivity contribution in [3.8, 4) is 28.1 Å². The van der Waals surface area contributed by atoms with Crippen molar-refractivity contribution in [3.05, 3.63) is 70.3 Å². The van der Waals surface area contributed by atoms with Crippen molar-refractivity contribution in [2.45, 2.75) is 44.4 Å². The van der Waals surface area contributed by atoms with Crippen LogP contribution in [0.15, 0.2) is 59.2 Å². The summed E-state index contributed by atoms with van der Waals surface area (Å²) in [5.74, 6) is 1.58. The van der Waals surface area contributed by atoms with Gasteiger partial charge in [-0.05, 0) is 54.2 Å². The van der Waals surface area contributed by atoms with Crippen LogP contribution in [0, 0.1) is 0 Å². The molecule has 2 bridgehead atoms. The smallest absolute Gasteiger partial charge is 0.267 e. The molecule has 7 nitrogen and oxygen atoms in total. The third-order valence-corrected chi connectivity index (χ3v) is 7.11. The molecule has 1 saturated heterocycles. The van der Waals surface area contributed by atoms with Crippen molar-refractivity contribution in [1.82, 2.24) is 20.1 Å². The molecule has 0 aliphatic carbocycles. The number of fused-ring (bicyclic) bond motifs is 5. The van der Waals surface area contributed by atoms with Crippen LogP contribution in [0.1, 0.15) is 31.2 Å². The summed E-state index contributed by atoms with van der Waals surface area (Å²) in [5, 5.41) is 7.86. The normalized spacial score (nSPS) is 20.8. The van der Waals surface area contributed by atoms with Crippen LogP contribution in [0.5, 0.6) is 5.88 Å². The summed E-state index contributed by atoms with van der Waals surface area (Å²) in [7, 11) is 3.75. The van der Waals surface area contributed by atoms with Crippen LogP contribution in [0.2, 0.25) is 0 Å². The number of pyridine rings is 1. The van der Waals surface area contributed by atoms with Crippen LogP contribution >= 0.6 is 0 Å². The second-order valence-electron chi connectivity index (χ2n) is 9.22. The Balaban J connectivity index is 1.29. The standard InChI is InChI=1S/C26H27N5O2/c1-30(21-7-6-19-4-5-20(13-21)28-19)24-10-9-23-22-8-3-16(11-18(22)15-33-26(23)29-24)17-12-25(32)31(2)27-14-17/h3,7-12,14,19-20,28H,4-6,13,15H2,1-2H3/t19-,20+/m1/s1. The molecule has 7 heteroatoms. The van der Waals surface area contributed by atoms with Gasteiger partial charge >= 0.3 is 0 Å². The fourth-order valence-electron chi connectivity index (χ4n) is 5.15. The molecule has 5 heterocycles. The van der Waals surface area contributed by atoms with Gasteiger partial charge in [-0.1, -0.05) is 18.2 Å². The Labute approximate surface area is 192 Å². The molecule has 0 unspecified atom stereocenters. The zero-order valence-electron chi connectivity index (χ0n) is 18.9. The van der Waals surface area contributed by atoms with E-state index in [1.807, 2.05) is 6.07 Å². The Hall–Kier alpha value is -3.45. The lowest BCUT2D eigenvalue weighted by atomic mass is 9.95. The number of ether oxygens (including phenoxy) is 1. The van der Waals surface area contributed by atoms with E-state index in [4.69, 9.17) is 9.72 Å². The van der Waals surface area contributed by atoms with E-state index in [1.165, 1.54) is 23.2 Å². The number of hydrogen-bond donors (Lipinski definition) is 1. The highest BCUT2D eigenvalue weighted by molar-refractivity contribution is 5.78. The zero-order valence-corrected chi connectivity index (χ0v) is 18.9. The monoisotopic (exact) mass is 441 g/mol. The van der Waals surface area contributed by atoms with Gasteiger partial charge in [-0.25, -0.2) is 4.68 Å². The number of hydrogen-bond acceptors (Lipinski definition) is 6. The summed E-state index contributed by atoms with van der Waals surface area (Å²) in [5.41, 5.74) is 6.16. The Kier molecular flexibility index (Phi) is 4.80. The molecule has 6 rings (SSSR count). The lowest BCUT2D eigenvalue weighted by molar-refractivity contribution is 0.290. The van der Waals surface area contributed by atoms with Gasteiger partial charge in [0.05, 0.1) is 6.20 Å². The number of aromatic nitrogens is 3. The number of benzene rings is 1. The molecule has 3 aliphatic heterocycles. The molecule has 1 fully saturated rings. The predicted octanol–water partition coefficient (Wildman–Crippen LogP) is 3.64. The third-order valence-electron chi connectivity index (χ3n) is 7.11. The predicted molar refractivity (Wildman–Crippen MR) is 128 cm³/mol. The molecule has 3 aromatic rings. The van der Waals surface area contributed by atoms with Gasteiger partial charge < -0.3 is 15.0 Å². The van der Waals surface area contributed by atoms with E-state index in [1.54, 1.807) is 19.3 Å². The lowest BCUT2D eigenvalue weighted by Gasteiger charge is -2.26. The molecule has 0 radical (unpaired) electrons. The molecule has 168 valence electrons. The Morgan fingerprint density at radius 3 is 2.82 bits per heavy atom. The highest BCUT2D eigenvalue weighted by Crippen LogP contribution is 2.39. The minimum atomic E-state index is -0.125. The molecule has 1 N–H and O–H groups in total. The fourth-order valence-corrected chi connectivity index (χ4v) is 5.15. The summed E-state index contributed by atoms with van der Waals surface area (Å²) in [6, 6.07) is 13.2. The van der Waals surface area contributed by atoms with Gasteiger partial charge in [-0.2, -0.15) is 10.1 Å². The molecule has 3 aliphatic rings. The Morgan fingerprint density at radius 1 is 1.09 bits per heavy atom. The average Bonchev–Trinajstić information content (AvgIpc) is 3.17.